The molecule has 0 spiro atoms. The van der Waals surface area contributed by atoms with Crippen LogP contribution in [0.1, 0.15) is 47.7 Å². The smallest absolute Gasteiger partial charge is 0.257 e. The number of rotatable bonds is 3. The molecule has 2 saturated heterocycles. The van der Waals surface area contributed by atoms with Gasteiger partial charge in [-0.3, -0.25) is 4.79 Å². The standard InChI is InChI=1S/C21H26N4O.ClH/c26-21(24-10-8-16-12-22-13-17(16)9-11-24)19-14-23-25(20(19)15-6-7-15)18-4-2-1-3-5-18;/h1-5,14-17,22H,6-13H2;1H/t16-,17+;. The van der Waals surface area contributed by atoms with Crippen LogP contribution in [0, 0.1) is 11.8 Å². The van der Waals surface area contributed by atoms with Gasteiger partial charge in [0.25, 0.3) is 5.91 Å². The lowest BCUT2D eigenvalue weighted by Gasteiger charge is -2.21. The minimum absolute atomic E-state index is 0. The van der Waals surface area contributed by atoms with Gasteiger partial charge in [-0.25, -0.2) is 4.68 Å². The summed E-state index contributed by atoms with van der Waals surface area (Å²) in [4.78, 5) is 15.4. The Bertz CT molecular complexity index is 788. The predicted octanol–water partition coefficient (Wildman–Crippen LogP) is 3.24. The zero-order chi connectivity index (χ0) is 17.5. The SMILES string of the molecule is Cl.O=C(c1cnn(-c2ccccc2)c1C1CC1)N1CC[C@@H]2CNC[C@@H]2CC1. The largest absolute Gasteiger partial charge is 0.339 e. The second-order valence-corrected chi connectivity index (χ2v) is 8.01. The Morgan fingerprint density at radius 3 is 2.30 bits per heavy atom. The van der Waals surface area contributed by atoms with Crippen molar-refractivity contribution in [2.45, 2.75) is 31.6 Å². The van der Waals surface area contributed by atoms with Gasteiger partial charge in [0.1, 0.15) is 0 Å². The van der Waals surface area contributed by atoms with Crippen molar-refractivity contribution >= 4 is 18.3 Å². The molecule has 1 amide bonds. The van der Waals surface area contributed by atoms with Crippen molar-refractivity contribution < 1.29 is 4.79 Å². The molecule has 1 saturated carbocycles. The van der Waals surface area contributed by atoms with E-state index in [0.29, 0.717) is 5.92 Å². The Morgan fingerprint density at radius 2 is 1.67 bits per heavy atom. The lowest BCUT2D eigenvalue weighted by atomic mass is 9.92. The van der Waals surface area contributed by atoms with E-state index in [4.69, 9.17) is 0 Å². The summed E-state index contributed by atoms with van der Waals surface area (Å²) in [6, 6.07) is 10.2. The third-order valence-electron chi connectivity index (χ3n) is 6.31. The molecule has 5 nitrogen and oxygen atoms in total. The first kappa shape index (κ1) is 18.5. The first-order valence-electron chi connectivity index (χ1n) is 9.94. The van der Waals surface area contributed by atoms with E-state index in [2.05, 4.69) is 27.4 Å². The number of nitrogens with one attached hydrogen (secondary N) is 1. The number of carbonyl (C=O) groups is 1. The number of hydrogen-bond acceptors (Lipinski definition) is 3. The molecule has 144 valence electrons. The normalized spacial score (nSPS) is 24.8. The van der Waals surface area contributed by atoms with Crippen LogP contribution in [0.25, 0.3) is 5.69 Å². The summed E-state index contributed by atoms with van der Waals surface area (Å²) in [5, 5.41) is 8.11. The molecule has 5 rings (SSSR count). The minimum atomic E-state index is 0. The second-order valence-electron chi connectivity index (χ2n) is 8.01. The topological polar surface area (TPSA) is 50.2 Å². The van der Waals surface area contributed by atoms with Crippen LogP contribution >= 0.6 is 12.4 Å². The first-order valence-corrected chi connectivity index (χ1v) is 9.94. The molecule has 6 heteroatoms. The van der Waals surface area contributed by atoms with E-state index < -0.39 is 0 Å². The van der Waals surface area contributed by atoms with Crippen LogP contribution in [-0.4, -0.2) is 46.8 Å². The fourth-order valence-corrected chi connectivity index (χ4v) is 4.64. The molecule has 27 heavy (non-hydrogen) atoms. The number of benzene rings is 1. The molecule has 2 aromatic rings. The van der Waals surface area contributed by atoms with Gasteiger partial charge in [-0.05, 0) is 62.7 Å². The molecule has 1 aliphatic carbocycles. The zero-order valence-electron chi connectivity index (χ0n) is 15.5. The number of carbonyl (C=O) groups excluding carboxylic acids is 1. The molecule has 0 bridgehead atoms. The molecule has 1 aromatic carbocycles. The van der Waals surface area contributed by atoms with Crippen molar-refractivity contribution in [3.8, 4) is 5.69 Å². The molecule has 3 aliphatic rings. The quantitative estimate of drug-likeness (QED) is 0.880. The predicted molar refractivity (Wildman–Crippen MR) is 108 cm³/mol. The van der Waals surface area contributed by atoms with Crippen LogP contribution in [-0.2, 0) is 0 Å². The van der Waals surface area contributed by atoms with Crippen LogP contribution in [0.15, 0.2) is 36.5 Å². The van der Waals surface area contributed by atoms with Gasteiger partial charge in [-0.1, -0.05) is 18.2 Å². The summed E-state index contributed by atoms with van der Waals surface area (Å²) in [7, 11) is 0. The van der Waals surface area contributed by atoms with E-state index in [9.17, 15) is 4.79 Å². The molecule has 2 aliphatic heterocycles. The third-order valence-corrected chi connectivity index (χ3v) is 6.31. The van der Waals surface area contributed by atoms with Gasteiger partial charge in [0.05, 0.1) is 23.1 Å². The Hall–Kier alpha value is -1.85. The average molecular weight is 387 g/mol. The summed E-state index contributed by atoms with van der Waals surface area (Å²) in [6.07, 6.45) is 6.36. The Balaban J connectivity index is 0.00000180. The lowest BCUT2D eigenvalue weighted by Crippen LogP contribution is -2.33. The van der Waals surface area contributed by atoms with Gasteiger partial charge in [-0.15, -0.1) is 12.4 Å². The molecular weight excluding hydrogens is 360 g/mol. The monoisotopic (exact) mass is 386 g/mol. The van der Waals surface area contributed by atoms with Crippen molar-refractivity contribution in [1.29, 1.82) is 0 Å². The Labute approximate surface area is 166 Å². The van der Waals surface area contributed by atoms with E-state index >= 15 is 0 Å². The summed E-state index contributed by atoms with van der Waals surface area (Å²) >= 11 is 0. The highest BCUT2D eigenvalue weighted by atomic mass is 35.5. The third kappa shape index (κ3) is 3.50. The Morgan fingerprint density at radius 1 is 1.00 bits per heavy atom. The van der Waals surface area contributed by atoms with Gasteiger partial charge in [0.2, 0.25) is 0 Å². The summed E-state index contributed by atoms with van der Waals surface area (Å²) in [6.45, 7) is 3.99. The second kappa shape index (κ2) is 7.64. The maximum absolute atomic E-state index is 13.3. The molecule has 0 radical (unpaired) electrons. The van der Waals surface area contributed by atoms with Crippen molar-refractivity contribution in [3.63, 3.8) is 0 Å². The molecule has 0 unspecified atom stereocenters. The molecule has 2 atom stereocenters. The number of nitrogens with zero attached hydrogens (tertiary/aromatic N) is 3. The van der Waals surface area contributed by atoms with E-state index in [1.54, 1.807) is 6.20 Å². The summed E-state index contributed by atoms with van der Waals surface area (Å²) < 4.78 is 1.99. The molecule has 3 fully saturated rings. The maximum Gasteiger partial charge on any atom is 0.257 e. The van der Waals surface area contributed by atoms with Gasteiger partial charge >= 0.3 is 0 Å². The van der Waals surface area contributed by atoms with Crippen LogP contribution in [0.3, 0.4) is 0 Å². The zero-order valence-corrected chi connectivity index (χ0v) is 16.3. The summed E-state index contributed by atoms with van der Waals surface area (Å²) in [5.74, 6) is 2.14. The van der Waals surface area contributed by atoms with E-state index in [1.165, 1.54) is 0 Å². The Kier molecular flexibility index (Phi) is 5.24. The fourth-order valence-electron chi connectivity index (χ4n) is 4.64. The van der Waals surface area contributed by atoms with Gasteiger partial charge in [0, 0.05) is 19.0 Å². The number of likely N-dealkylation sites (tertiary alicyclic amines) is 1. The van der Waals surface area contributed by atoms with Crippen molar-refractivity contribution in [3.05, 3.63) is 47.8 Å². The number of hydrogen-bond donors (Lipinski definition) is 1. The highest BCUT2D eigenvalue weighted by Gasteiger charge is 2.36. The van der Waals surface area contributed by atoms with Gasteiger partial charge in [-0.2, -0.15) is 5.10 Å². The minimum Gasteiger partial charge on any atom is -0.339 e. The van der Waals surface area contributed by atoms with Crippen LogP contribution in [0.2, 0.25) is 0 Å². The van der Waals surface area contributed by atoms with Gasteiger partial charge in [0.15, 0.2) is 0 Å². The molecular formula is C21H27ClN4O. The van der Waals surface area contributed by atoms with E-state index in [0.717, 1.165) is 80.6 Å². The lowest BCUT2D eigenvalue weighted by molar-refractivity contribution is 0.0757. The number of para-hydroxylation sites is 1. The highest BCUT2D eigenvalue weighted by Crippen LogP contribution is 2.43. The van der Waals surface area contributed by atoms with Crippen LogP contribution in [0.4, 0.5) is 0 Å². The number of fused-ring (bicyclic) bond motifs is 1. The van der Waals surface area contributed by atoms with Gasteiger partial charge < -0.3 is 10.2 Å². The van der Waals surface area contributed by atoms with Crippen molar-refractivity contribution in [2.75, 3.05) is 26.2 Å². The molecule has 3 heterocycles. The van der Waals surface area contributed by atoms with Crippen LogP contribution in [0.5, 0.6) is 0 Å². The average Bonchev–Trinajstić information content (AvgIpc) is 3.33. The summed E-state index contributed by atoms with van der Waals surface area (Å²) in [5.41, 5.74) is 2.98. The molecule has 1 N–H and O–H groups in total. The van der Waals surface area contributed by atoms with Crippen LogP contribution < -0.4 is 5.32 Å². The first-order chi connectivity index (χ1) is 12.8. The molecule has 1 aromatic heterocycles. The van der Waals surface area contributed by atoms with E-state index in [1.807, 2.05) is 22.9 Å². The van der Waals surface area contributed by atoms with E-state index in [-0.39, 0.29) is 18.3 Å². The fraction of sp³-hybridized carbons (Fsp3) is 0.524. The van der Waals surface area contributed by atoms with Crippen molar-refractivity contribution in [2.24, 2.45) is 11.8 Å². The number of aromatic nitrogens is 2. The maximum atomic E-state index is 13.3. The number of halogens is 1. The van der Waals surface area contributed by atoms with Crippen molar-refractivity contribution in [1.82, 2.24) is 20.0 Å². The highest BCUT2D eigenvalue weighted by molar-refractivity contribution is 5.95. The number of amides is 1.